The third-order valence-corrected chi connectivity index (χ3v) is 1.87. The zero-order valence-electron chi connectivity index (χ0n) is 6.21. The minimum absolute atomic E-state index is 0.0712. The van der Waals surface area contributed by atoms with Gasteiger partial charge < -0.3 is 10.6 Å². The SMILES string of the molecule is C#CC(N)CN1CCCC1. The zero-order valence-corrected chi connectivity index (χ0v) is 6.21. The van der Waals surface area contributed by atoms with Crippen LogP contribution in [0.3, 0.4) is 0 Å². The molecule has 0 aromatic rings. The van der Waals surface area contributed by atoms with E-state index in [1.807, 2.05) is 0 Å². The van der Waals surface area contributed by atoms with Crippen molar-refractivity contribution in [1.29, 1.82) is 0 Å². The summed E-state index contributed by atoms with van der Waals surface area (Å²) in [5.41, 5.74) is 5.58. The third-order valence-electron chi connectivity index (χ3n) is 1.87. The van der Waals surface area contributed by atoms with Crippen molar-refractivity contribution >= 4 is 0 Å². The topological polar surface area (TPSA) is 29.3 Å². The molecule has 2 N–H and O–H groups in total. The second kappa shape index (κ2) is 3.60. The van der Waals surface area contributed by atoms with Gasteiger partial charge in [-0.15, -0.1) is 6.42 Å². The summed E-state index contributed by atoms with van der Waals surface area (Å²) in [6.45, 7) is 3.22. The lowest BCUT2D eigenvalue weighted by Crippen LogP contribution is -2.34. The van der Waals surface area contributed by atoms with Gasteiger partial charge in [0.1, 0.15) is 0 Å². The van der Waals surface area contributed by atoms with Gasteiger partial charge >= 0.3 is 0 Å². The Morgan fingerprint density at radius 3 is 2.60 bits per heavy atom. The molecule has 1 aliphatic heterocycles. The van der Waals surface area contributed by atoms with E-state index in [1.54, 1.807) is 0 Å². The summed E-state index contributed by atoms with van der Waals surface area (Å²) >= 11 is 0. The minimum atomic E-state index is -0.0712. The molecule has 1 rings (SSSR count). The molecule has 2 heteroatoms. The maximum absolute atomic E-state index is 5.58. The Morgan fingerprint density at radius 1 is 1.50 bits per heavy atom. The van der Waals surface area contributed by atoms with Crippen LogP contribution in [0, 0.1) is 12.3 Å². The van der Waals surface area contributed by atoms with E-state index in [4.69, 9.17) is 12.2 Å². The molecule has 1 atom stereocenters. The quantitative estimate of drug-likeness (QED) is 0.546. The number of terminal acetylenes is 1. The molecule has 0 saturated carbocycles. The van der Waals surface area contributed by atoms with Gasteiger partial charge in [-0.05, 0) is 25.9 Å². The van der Waals surface area contributed by atoms with E-state index in [0.29, 0.717) is 0 Å². The van der Waals surface area contributed by atoms with Gasteiger partial charge in [0.2, 0.25) is 0 Å². The predicted octanol–water partition coefficient (Wildman–Crippen LogP) is 0.0427. The summed E-state index contributed by atoms with van der Waals surface area (Å²) < 4.78 is 0. The molecular weight excluding hydrogens is 124 g/mol. The van der Waals surface area contributed by atoms with E-state index in [1.165, 1.54) is 25.9 Å². The Hall–Kier alpha value is -0.520. The molecule has 0 aromatic carbocycles. The summed E-state index contributed by atoms with van der Waals surface area (Å²) in [5.74, 6) is 2.53. The van der Waals surface area contributed by atoms with Crippen molar-refractivity contribution in [3.63, 3.8) is 0 Å². The van der Waals surface area contributed by atoms with Crippen molar-refractivity contribution in [3.8, 4) is 12.3 Å². The van der Waals surface area contributed by atoms with Gasteiger partial charge in [0.25, 0.3) is 0 Å². The Balaban J connectivity index is 2.19. The third kappa shape index (κ3) is 2.02. The van der Waals surface area contributed by atoms with E-state index in [-0.39, 0.29) is 6.04 Å². The number of hydrogen-bond donors (Lipinski definition) is 1. The van der Waals surface area contributed by atoms with Crippen LogP contribution in [-0.4, -0.2) is 30.6 Å². The molecule has 0 radical (unpaired) electrons. The molecule has 0 amide bonds. The number of nitrogens with two attached hydrogens (primary N) is 1. The van der Waals surface area contributed by atoms with E-state index in [9.17, 15) is 0 Å². The van der Waals surface area contributed by atoms with Crippen LogP contribution in [0.25, 0.3) is 0 Å². The molecule has 56 valence electrons. The van der Waals surface area contributed by atoms with Crippen LogP contribution in [0.2, 0.25) is 0 Å². The van der Waals surface area contributed by atoms with Crippen LogP contribution >= 0.6 is 0 Å². The van der Waals surface area contributed by atoms with Crippen LogP contribution < -0.4 is 5.73 Å². The van der Waals surface area contributed by atoms with E-state index in [0.717, 1.165) is 6.54 Å². The fourth-order valence-corrected chi connectivity index (χ4v) is 1.30. The molecule has 0 aliphatic carbocycles. The first-order chi connectivity index (χ1) is 4.83. The fraction of sp³-hybridized carbons (Fsp3) is 0.750. The van der Waals surface area contributed by atoms with Crippen molar-refractivity contribution in [2.24, 2.45) is 5.73 Å². The van der Waals surface area contributed by atoms with Gasteiger partial charge in [0.05, 0.1) is 6.04 Å². The van der Waals surface area contributed by atoms with Crippen molar-refractivity contribution in [1.82, 2.24) is 4.90 Å². The van der Waals surface area contributed by atoms with Gasteiger partial charge in [0.15, 0.2) is 0 Å². The zero-order chi connectivity index (χ0) is 7.40. The Bertz CT molecular complexity index is 131. The lowest BCUT2D eigenvalue weighted by Gasteiger charge is -2.15. The van der Waals surface area contributed by atoms with Gasteiger partial charge in [-0.2, -0.15) is 0 Å². The number of nitrogens with zero attached hydrogens (tertiary/aromatic N) is 1. The minimum Gasteiger partial charge on any atom is -0.317 e. The molecule has 0 aromatic heterocycles. The Morgan fingerprint density at radius 2 is 2.10 bits per heavy atom. The summed E-state index contributed by atoms with van der Waals surface area (Å²) in [6, 6.07) is -0.0712. The molecular formula is C8H14N2. The lowest BCUT2D eigenvalue weighted by atomic mass is 10.3. The average molecular weight is 138 g/mol. The van der Waals surface area contributed by atoms with Gasteiger partial charge in [0, 0.05) is 6.54 Å². The maximum Gasteiger partial charge on any atom is 0.0790 e. The molecule has 1 fully saturated rings. The molecule has 1 aliphatic rings. The van der Waals surface area contributed by atoms with Crippen molar-refractivity contribution in [2.75, 3.05) is 19.6 Å². The predicted molar refractivity (Wildman–Crippen MR) is 42.5 cm³/mol. The highest BCUT2D eigenvalue weighted by molar-refractivity contribution is 4.98. The summed E-state index contributed by atoms with van der Waals surface area (Å²) in [4.78, 5) is 2.32. The molecule has 0 spiro atoms. The number of rotatable bonds is 2. The highest BCUT2D eigenvalue weighted by Gasteiger charge is 2.12. The summed E-state index contributed by atoms with van der Waals surface area (Å²) in [5, 5.41) is 0. The first kappa shape index (κ1) is 7.59. The average Bonchev–Trinajstić information content (AvgIpc) is 2.40. The molecule has 1 unspecified atom stereocenters. The van der Waals surface area contributed by atoms with Crippen molar-refractivity contribution in [3.05, 3.63) is 0 Å². The molecule has 10 heavy (non-hydrogen) atoms. The fourth-order valence-electron chi connectivity index (χ4n) is 1.30. The van der Waals surface area contributed by atoms with Crippen LogP contribution in [0.1, 0.15) is 12.8 Å². The van der Waals surface area contributed by atoms with Crippen molar-refractivity contribution < 1.29 is 0 Å². The van der Waals surface area contributed by atoms with Crippen LogP contribution in [0.15, 0.2) is 0 Å². The van der Waals surface area contributed by atoms with Gasteiger partial charge in [-0.1, -0.05) is 5.92 Å². The number of likely N-dealkylation sites (tertiary alicyclic amines) is 1. The van der Waals surface area contributed by atoms with Gasteiger partial charge in [-0.25, -0.2) is 0 Å². The monoisotopic (exact) mass is 138 g/mol. The van der Waals surface area contributed by atoms with Crippen molar-refractivity contribution in [2.45, 2.75) is 18.9 Å². The Kier molecular flexibility index (Phi) is 2.73. The second-order valence-corrected chi connectivity index (χ2v) is 2.78. The van der Waals surface area contributed by atoms with E-state index in [2.05, 4.69) is 10.8 Å². The molecule has 2 nitrogen and oxygen atoms in total. The molecule has 1 saturated heterocycles. The molecule has 1 heterocycles. The van der Waals surface area contributed by atoms with E-state index < -0.39 is 0 Å². The number of hydrogen-bond acceptors (Lipinski definition) is 2. The summed E-state index contributed by atoms with van der Waals surface area (Å²) in [7, 11) is 0. The van der Waals surface area contributed by atoms with E-state index >= 15 is 0 Å². The highest BCUT2D eigenvalue weighted by atomic mass is 15.1. The highest BCUT2D eigenvalue weighted by Crippen LogP contribution is 2.06. The first-order valence-electron chi connectivity index (χ1n) is 3.77. The Labute approximate surface area is 62.4 Å². The van der Waals surface area contributed by atoms with Crippen LogP contribution in [-0.2, 0) is 0 Å². The lowest BCUT2D eigenvalue weighted by molar-refractivity contribution is 0.333. The second-order valence-electron chi connectivity index (χ2n) is 2.78. The largest absolute Gasteiger partial charge is 0.317 e. The summed E-state index contributed by atoms with van der Waals surface area (Å²) in [6.07, 6.45) is 7.75. The van der Waals surface area contributed by atoms with Crippen LogP contribution in [0.5, 0.6) is 0 Å². The standard InChI is InChI=1S/C8H14N2/c1-2-8(9)7-10-5-3-4-6-10/h1,8H,3-7,9H2. The normalized spacial score (nSPS) is 22.4. The van der Waals surface area contributed by atoms with Gasteiger partial charge in [-0.3, -0.25) is 0 Å². The first-order valence-corrected chi connectivity index (χ1v) is 3.77. The van der Waals surface area contributed by atoms with Crippen LogP contribution in [0.4, 0.5) is 0 Å². The molecule has 0 bridgehead atoms. The smallest absolute Gasteiger partial charge is 0.0790 e. The maximum atomic E-state index is 5.58.